The van der Waals surface area contributed by atoms with Crippen molar-refractivity contribution < 1.29 is 19.1 Å². The molecule has 1 aliphatic heterocycles. The van der Waals surface area contributed by atoms with Crippen LogP contribution in [0.25, 0.3) is 0 Å². The second kappa shape index (κ2) is 16.7. The van der Waals surface area contributed by atoms with Crippen molar-refractivity contribution in [1.29, 1.82) is 10.5 Å². The number of nitrogens with zero attached hydrogens (tertiary/aromatic N) is 2. The molecule has 8 aliphatic rings. The summed E-state index contributed by atoms with van der Waals surface area (Å²) >= 11 is 2.63. The van der Waals surface area contributed by atoms with Gasteiger partial charge in [-0.1, -0.05) is 112 Å². The second-order valence-corrected chi connectivity index (χ2v) is 21.8. The molecule has 8 heteroatoms. The van der Waals surface area contributed by atoms with E-state index in [9.17, 15) is 20.1 Å². The summed E-state index contributed by atoms with van der Waals surface area (Å²) in [7, 11) is 0. The van der Waals surface area contributed by atoms with Crippen molar-refractivity contribution in [2.75, 3.05) is 0 Å². The molecular formula is C52H56N2O4S2. The average molecular weight is 837 g/mol. The lowest BCUT2D eigenvalue weighted by molar-refractivity contribution is -0.142. The Bertz CT molecular complexity index is 2100. The third-order valence-electron chi connectivity index (χ3n) is 16.1. The van der Waals surface area contributed by atoms with Crippen LogP contribution in [0.5, 0.6) is 11.5 Å². The Balaban J connectivity index is 1.03. The number of hydrogen-bond acceptors (Lipinski definition) is 8. The maximum Gasteiger partial charge on any atom is 0.314 e. The van der Waals surface area contributed by atoms with Gasteiger partial charge in [0.25, 0.3) is 0 Å². The van der Waals surface area contributed by atoms with Crippen molar-refractivity contribution in [3.63, 3.8) is 0 Å². The minimum Gasteiger partial charge on any atom is -0.425 e. The lowest BCUT2D eigenvalue weighted by atomic mass is 9.60. The lowest BCUT2D eigenvalue weighted by Crippen LogP contribution is -2.33. The lowest BCUT2D eigenvalue weighted by Gasteiger charge is -2.44. The first-order chi connectivity index (χ1) is 29.3. The van der Waals surface area contributed by atoms with Gasteiger partial charge in [0.1, 0.15) is 17.7 Å². The van der Waals surface area contributed by atoms with Crippen LogP contribution in [0, 0.1) is 70.0 Å². The third kappa shape index (κ3) is 7.12. The summed E-state index contributed by atoms with van der Waals surface area (Å²) in [6.45, 7) is 4.75. The summed E-state index contributed by atoms with van der Waals surface area (Å²) in [5.41, 5.74) is 6.46. The molecule has 0 N–H and O–H groups in total. The smallest absolute Gasteiger partial charge is 0.314 e. The van der Waals surface area contributed by atoms with Crippen LogP contribution in [0.2, 0.25) is 0 Å². The van der Waals surface area contributed by atoms with E-state index in [1.165, 1.54) is 97.1 Å². The van der Waals surface area contributed by atoms with Gasteiger partial charge in [-0.15, -0.1) is 0 Å². The highest BCUT2D eigenvalue weighted by molar-refractivity contribution is 8.24. The first-order valence-corrected chi connectivity index (χ1v) is 24.7. The fourth-order valence-electron chi connectivity index (χ4n) is 12.6. The molecule has 3 aromatic carbocycles. The highest BCUT2D eigenvalue weighted by Gasteiger charge is 2.49. The van der Waals surface area contributed by atoms with Crippen LogP contribution in [0.1, 0.15) is 162 Å². The van der Waals surface area contributed by atoms with E-state index >= 15 is 0 Å². The number of esters is 2. The Hall–Kier alpha value is -3.98. The number of fused-ring (bicyclic) bond motifs is 1. The highest BCUT2D eigenvalue weighted by Crippen LogP contribution is 2.68. The molecule has 0 atom stereocenters. The van der Waals surface area contributed by atoms with Crippen LogP contribution in [-0.4, -0.2) is 11.9 Å². The minimum atomic E-state index is -0.244. The van der Waals surface area contributed by atoms with E-state index in [0.29, 0.717) is 37.4 Å². The van der Waals surface area contributed by atoms with E-state index in [-0.39, 0.29) is 41.2 Å². The van der Waals surface area contributed by atoms with Crippen molar-refractivity contribution in [2.45, 2.75) is 138 Å². The molecule has 60 heavy (non-hydrogen) atoms. The van der Waals surface area contributed by atoms with E-state index in [1.54, 1.807) is 0 Å². The summed E-state index contributed by atoms with van der Waals surface area (Å²) in [5, 5.41) is 20.2. The first-order valence-electron chi connectivity index (χ1n) is 23.1. The number of thioether (sulfide) groups is 2. The van der Waals surface area contributed by atoms with E-state index in [2.05, 4.69) is 74.5 Å². The Kier molecular flexibility index (Phi) is 11.2. The molecule has 0 radical (unpaired) electrons. The quantitative estimate of drug-likeness (QED) is 0.0947. The van der Waals surface area contributed by atoms with Crippen molar-refractivity contribution in [3.05, 3.63) is 91.7 Å². The molecule has 4 fully saturated rings. The van der Waals surface area contributed by atoms with Crippen LogP contribution in [0.3, 0.4) is 0 Å². The number of nitriles is 2. The van der Waals surface area contributed by atoms with Gasteiger partial charge in [0.15, 0.2) is 11.5 Å². The number of ether oxygens (including phenoxy) is 2. The van der Waals surface area contributed by atoms with Crippen LogP contribution in [0.4, 0.5) is 0 Å². The maximum absolute atomic E-state index is 14.6. The summed E-state index contributed by atoms with van der Waals surface area (Å²) in [4.78, 5) is 30.5. The molecule has 310 valence electrons. The van der Waals surface area contributed by atoms with Crippen molar-refractivity contribution in [2.24, 2.45) is 47.3 Å². The van der Waals surface area contributed by atoms with Crippen LogP contribution in [0.15, 0.2) is 68.1 Å². The van der Waals surface area contributed by atoms with Crippen LogP contribution in [-0.2, 0) is 9.59 Å². The average Bonchev–Trinajstić information content (AvgIpc) is 3.73. The van der Waals surface area contributed by atoms with E-state index in [4.69, 9.17) is 9.47 Å². The van der Waals surface area contributed by atoms with Gasteiger partial charge in [0.05, 0.1) is 25.9 Å². The summed E-state index contributed by atoms with van der Waals surface area (Å²) in [6, 6.07) is 21.3. The number of hydrogen-bond donors (Lipinski definition) is 0. The molecule has 0 spiro atoms. The Labute approximate surface area is 364 Å². The van der Waals surface area contributed by atoms with E-state index in [1.807, 2.05) is 0 Å². The van der Waals surface area contributed by atoms with Crippen molar-refractivity contribution >= 4 is 35.5 Å². The zero-order chi connectivity index (χ0) is 41.1. The predicted molar refractivity (Wildman–Crippen MR) is 236 cm³/mol. The second-order valence-electron chi connectivity index (χ2n) is 19.5. The van der Waals surface area contributed by atoms with Gasteiger partial charge in [-0.05, 0) is 135 Å². The number of carbonyl (C=O) groups excluding carboxylic acids is 2. The molecule has 7 aliphatic carbocycles. The summed E-state index contributed by atoms with van der Waals surface area (Å²) in [6.07, 6.45) is 18.0. The van der Waals surface area contributed by atoms with Gasteiger partial charge in [-0.2, -0.15) is 10.5 Å². The van der Waals surface area contributed by atoms with Crippen LogP contribution >= 0.6 is 23.5 Å². The largest absolute Gasteiger partial charge is 0.425 e. The summed E-state index contributed by atoms with van der Waals surface area (Å²) < 4.78 is 14.2. The first kappa shape index (κ1) is 40.1. The Morgan fingerprint density at radius 1 is 0.517 bits per heavy atom. The SMILES string of the molecule is CC1CCC(C2CCC(C(=O)Oc3c4c(c(OC(=O)C5CCC(C6CCC(C)CC6)CC5)c5c3C3c6ccccc6C5c5ccccc53)SC(=C(C#N)C#N)S4)CC2)CC1. The maximum atomic E-state index is 14.6. The molecular weight excluding hydrogens is 781 g/mol. The zero-order valence-corrected chi connectivity index (χ0v) is 36.7. The van der Waals surface area contributed by atoms with Crippen molar-refractivity contribution in [3.8, 4) is 23.6 Å². The molecule has 2 bridgehead atoms. The topological polar surface area (TPSA) is 100 Å². The van der Waals surface area contributed by atoms with Gasteiger partial charge in [0.2, 0.25) is 0 Å². The number of allylic oxidation sites excluding steroid dienone is 1. The third-order valence-corrected chi connectivity index (χ3v) is 18.7. The zero-order valence-electron chi connectivity index (χ0n) is 35.0. The molecule has 0 unspecified atom stereocenters. The van der Waals surface area contributed by atoms with E-state index < -0.39 is 0 Å². The van der Waals surface area contributed by atoms with Crippen LogP contribution < -0.4 is 9.47 Å². The van der Waals surface area contributed by atoms with Crippen molar-refractivity contribution in [1.82, 2.24) is 0 Å². The van der Waals surface area contributed by atoms with Gasteiger partial charge in [0, 0.05) is 23.0 Å². The molecule has 1 heterocycles. The fourth-order valence-corrected chi connectivity index (χ4v) is 15.2. The fraction of sp³-hybridized carbons (Fsp3) is 0.538. The van der Waals surface area contributed by atoms with Gasteiger partial charge in [-0.25, -0.2) is 0 Å². The minimum absolute atomic E-state index is 0.00845. The molecule has 0 aromatic heterocycles. The Morgan fingerprint density at radius 3 is 1.15 bits per heavy atom. The molecule has 0 saturated heterocycles. The molecule has 3 aromatic rings. The molecule has 6 nitrogen and oxygen atoms in total. The number of benzene rings is 3. The number of carbonyl (C=O) groups is 2. The summed E-state index contributed by atoms with van der Waals surface area (Å²) in [5.74, 6) is 4.29. The van der Waals surface area contributed by atoms with E-state index in [0.717, 1.165) is 86.2 Å². The molecule has 11 rings (SSSR count). The Morgan fingerprint density at radius 2 is 0.833 bits per heavy atom. The molecule has 0 amide bonds. The molecule has 4 saturated carbocycles. The number of rotatable bonds is 6. The predicted octanol–water partition coefficient (Wildman–Crippen LogP) is 13.2. The standard InChI is InChI=1S/C52H56N2O4S2/c1-29-11-15-31(16-12-29)33-19-23-35(24-20-33)50(55)57-46-44-42-38-7-3-5-9-40(38)43(41-10-6-4-8-39(41)42)45(44)47(49-48(46)59-52(60-49)37(27-53)28-54)58-51(56)36-25-21-34(22-26-36)32-17-13-30(2)14-18-32/h3-10,29-36,42-43H,11-26H2,1-2H3. The normalized spacial score (nSPS) is 31.4. The monoisotopic (exact) mass is 836 g/mol. The van der Waals surface area contributed by atoms with Gasteiger partial charge >= 0.3 is 11.9 Å². The van der Waals surface area contributed by atoms with Gasteiger partial charge < -0.3 is 9.47 Å². The highest BCUT2D eigenvalue weighted by atomic mass is 32.2. The van der Waals surface area contributed by atoms with Gasteiger partial charge in [-0.3, -0.25) is 9.59 Å².